The number of aryl methyl sites for hydroxylation is 1. The Hall–Kier alpha value is -2.14. The zero-order chi connectivity index (χ0) is 18.7. The van der Waals surface area contributed by atoms with E-state index in [2.05, 4.69) is 18.9 Å². The van der Waals surface area contributed by atoms with Crippen molar-refractivity contribution in [2.24, 2.45) is 18.9 Å². The van der Waals surface area contributed by atoms with Crippen LogP contribution in [-0.2, 0) is 7.05 Å². The Balaban J connectivity index is 1.64. The number of piperidine rings is 1. The van der Waals surface area contributed by atoms with Crippen LogP contribution in [0, 0.1) is 11.8 Å². The predicted octanol–water partition coefficient (Wildman–Crippen LogP) is 3.35. The Morgan fingerprint density at radius 3 is 2.50 bits per heavy atom. The number of carbonyl (C=O) groups excluding carboxylic acids is 1. The van der Waals surface area contributed by atoms with Crippen LogP contribution in [0.3, 0.4) is 0 Å². The van der Waals surface area contributed by atoms with Crippen LogP contribution in [0.1, 0.15) is 43.6 Å². The van der Waals surface area contributed by atoms with Crippen LogP contribution >= 0.6 is 0 Å². The Morgan fingerprint density at radius 1 is 1.23 bits per heavy atom. The lowest BCUT2D eigenvalue weighted by Crippen LogP contribution is -2.41. The number of aromatic nitrogens is 2. The average Bonchev–Trinajstić information content (AvgIpc) is 3.03. The molecule has 0 saturated carbocycles. The predicted molar refractivity (Wildman–Crippen MR) is 103 cm³/mol. The van der Waals surface area contributed by atoms with Gasteiger partial charge in [-0.05, 0) is 42.7 Å². The van der Waals surface area contributed by atoms with Gasteiger partial charge in [0.25, 0.3) is 5.91 Å². The highest BCUT2D eigenvalue weighted by atomic mass is 16.3. The quantitative estimate of drug-likeness (QED) is 0.895. The van der Waals surface area contributed by atoms with Crippen LogP contribution in [0.2, 0.25) is 0 Å². The molecule has 0 radical (unpaired) electrons. The smallest absolute Gasteiger partial charge is 0.274 e. The summed E-state index contributed by atoms with van der Waals surface area (Å²) in [5.74, 6) is 0.777. The van der Waals surface area contributed by atoms with Gasteiger partial charge in [-0.25, -0.2) is 0 Å². The summed E-state index contributed by atoms with van der Waals surface area (Å²) >= 11 is 0. The lowest BCUT2D eigenvalue weighted by atomic mass is 9.87. The van der Waals surface area contributed by atoms with Gasteiger partial charge in [-0.2, -0.15) is 5.10 Å². The fourth-order valence-corrected chi connectivity index (χ4v) is 3.78. The Labute approximate surface area is 155 Å². The first-order valence-corrected chi connectivity index (χ1v) is 9.52. The molecule has 1 fully saturated rings. The molecule has 2 aromatic rings. The van der Waals surface area contributed by atoms with Crippen molar-refractivity contribution in [3.05, 3.63) is 42.1 Å². The summed E-state index contributed by atoms with van der Waals surface area (Å²) in [6.45, 7) is 5.65. The second-order valence-corrected chi connectivity index (χ2v) is 7.73. The number of carbonyl (C=O) groups is 1. The van der Waals surface area contributed by atoms with Crippen molar-refractivity contribution in [3.8, 4) is 11.3 Å². The first-order chi connectivity index (χ1) is 12.5. The summed E-state index contributed by atoms with van der Waals surface area (Å²) in [4.78, 5) is 14.7. The molecule has 0 bridgehead atoms. The van der Waals surface area contributed by atoms with Crippen molar-refractivity contribution in [3.63, 3.8) is 0 Å². The van der Waals surface area contributed by atoms with Gasteiger partial charge in [0, 0.05) is 20.1 Å². The highest BCUT2D eigenvalue weighted by Gasteiger charge is 2.29. The van der Waals surface area contributed by atoms with Gasteiger partial charge in [-0.15, -0.1) is 0 Å². The lowest BCUT2D eigenvalue weighted by molar-refractivity contribution is 0.0382. The minimum atomic E-state index is -0.258. The molecule has 0 aliphatic carbocycles. The Kier molecular flexibility index (Phi) is 5.77. The molecule has 1 N–H and O–H groups in total. The van der Waals surface area contributed by atoms with E-state index in [1.54, 1.807) is 4.68 Å². The van der Waals surface area contributed by atoms with Crippen molar-refractivity contribution < 1.29 is 9.90 Å². The van der Waals surface area contributed by atoms with Crippen molar-refractivity contribution in [1.82, 2.24) is 14.7 Å². The summed E-state index contributed by atoms with van der Waals surface area (Å²) in [5.41, 5.74) is 2.49. The molecule has 1 saturated heterocycles. The van der Waals surface area contributed by atoms with E-state index < -0.39 is 0 Å². The maximum absolute atomic E-state index is 12.8. The molecular weight excluding hydrogens is 326 g/mol. The van der Waals surface area contributed by atoms with Gasteiger partial charge in [-0.1, -0.05) is 44.2 Å². The molecule has 1 aromatic carbocycles. The van der Waals surface area contributed by atoms with Crippen molar-refractivity contribution in [2.75, 3.05) is 13.1 Å². The van der Waals surface area contributed by atoms with Gasteiger partial charge in [0.15, 0.2) is 5.69 Å². The molecule has 1 atom stereocenters. The normalized spacial score (nSPS) is 16.9. The van der Waals surface area contributed by atoms with E-state index in [0.717, 1.165) is 30.5 Å². The van der Waals surface area contributed by atoms with Gasteiger partial charge in [-0.3, -0.25) is 9.48 Å². The standard InChI is InChI=1S/C21H29N3O2/c1-15(2)13-20(25)17-9-11-24(12-10-17)21(26)18-14-19(23(3)22-18)16-7-5-4-6-8-16/h4-8,14-15,17,20,25H,9-13H2,1-3H3/t20-/m1/s1. The van der Waals surface area contributed by atoms with Gasteiger partial charge in [0.05, 0.1) is 11.8 Å². The number of benzene rings is 1. The van der Waals surface area contributed by atoms with E-state index in [1.807, 2.05) is 48.3 Å². The van der Waals surface area contributed by atoms with E-state index in [-0.39, 0.29) is 12.0 Å². The van der Waals surface area contributed by atoms with Gasteiger partial charge >= 0.3 is 0 Å². The van der Waals surface area contributed by atoms with Crippen LogP contribution in [0.4, 0.5) is 0 Å². The zero-order valence-corrected chi connectivity index (χ0v) is 15.9. The van der Waals surface area contributed by atoms with Crippen LogP contribution in [0.15, 0.2) is 36.4 Å². The second-order valence-electron chi connectivity index (χ2n) is 7.73. The molecule has 1 amide bonds. The third kappa shape index (κ3) is 4.15. The van der Waals surface area contributed by atoms with E-state index in [4.69, 9.17) is 0 Å². The first kappa shape index (κ1) is 18.6. The number of hydrogen-bond acceptors (Lipinski definition) is 3. The molecule has 1 aliphatic heterocycles. The van der Waals surface area contributed by atoms with E-state index in [1.165, 1.54) is 0 Å². The van der Waals surface area contributed by atoms with Gasteiger partial charge in [0.1, 0.15) is 0 Å². The molecule has 26 heavy (non-hydrogen) atoms. The third-order valence-electron chi connectivity index (χ3n) is 5.25. The maximum atomic E-state index is 12.8. The average molecular weight is 355 g/mol. The highest BCUT2D eigenvalue weighted by molar-refractivity contribution is 5.93. The minimum Gasteiger partial charge on any atom is -0.393 e. The molecule has 1 aromatic heterocycles. The number of likely N-dealkylation sites (tertiary alicyclic amines) is 1. The maximum Gasteiger partial charge on any atom is 0.274 e. The summed E-state index contributed by atoms with van der Waals surface area (Å²) in [7, 11) is 1.87. The highest BCUT2D eigenvalue weighted by Crippen LogP contribution is 2.26. The number of aliphatic hydroxyl groups is 1. The minimum absolute atomic E-state index is 0.0143. The molecule has 140 valence electrons. The molecule has 2 heterocycles. The number of amides is 1. The van der Waals surface area contributed by atoms with Crippen LogP contribution in [0.5, 0.6) is 0 Å². The topological polar surface area (TPSA) is 58.4 Å². The SMILES string of the molecule is CC(C)C[C@@H](O)C1CCN(C(=O)c2cc(-c3ccccc3)n(C)n2)CC1. The first-order valence-electron chi connectivity index (χ1n) is 9.52. The summed E-state index contributed by atoms with van der Waals surface area (Å²) < 4.78 is 1.77. The van der Waals surface area contributed by atoms with Crippen LogP contribution in [-0.4, -0.2) is 44.9 Å². The van der Waals surface area contributed by atoms with E-state index >= 15 is 0 Å². The summed E-state index contributed by atoms with van der Waals surface area (Å²) in [6, 6.07) is 11.9. The van der Waals surface area contributed by atoms with Gasteiger partial charge < -0.3 is 10.0 Å². The molecule has 0 unspecified atom stereocenters. The molecule has 1 aliphatic rings. The van der Waals surface area contributed by atoms with Crippen molar-refractivity contribution >= 4 is 5.91 Å². The van der Waals surface area contributed by atoms with E-state index in [9.17, 15) is 9.90 Å². The zero-order valence-electron chi connectivity index (χ0n) is 15.9. The Bertz CT molecular complexity index is 731. The lowest BCUT2D eigenvalue weighted by Gasteiger charge is -2.34. The molecule has 3 rings (SSSR count). The monoisotopic (exact) mass is 355 g/mol. The molecular formula is C21H29N3O2. The fourth-order valence-electron chi connectivity index (χ4n) is 3.78. The third-order valence-corrected chi connectivity index (χ3v) is 5.25. The number of hydrogen-bond donors (Lipinski definition) is 1. The molecule has 5 nitrogen and oxygen atoms in total. The van der Waals surface area contributed by atoms with Gasteiger partial charge in [0.2, 0.25) is 0 Å². The number of rotatable bonds is 5. The van der Waals surface area contributed by atoms with Crippen LogP contribution < -0.4 is 0 Å². The second kappa shape index (κ2) is 8.04. The Morgan fingerprint density at radius 2 is 1.88 bits per heavy atom. The van der Waals surface area contributed by atoms with Crippen molar-refractivity contribution in [1.29, 1.82) is 0 Å². The van der Waals surface area contributed by atoms with Crippen molar-refractivity contribution in [2.45, 2.75) is 39.2 Å². The summed E-state index contributed by atoms with van der Waals surface area (Å²) in [5, 5.41) is 14.8. The number of nitrogens with zero attached hydrogens (tertiary/aromatic N) is 3. The van der Waals surface area contributed by atoms with E-state index in [0.29, 0.717) is 30.6 Å². The number of aliphatic hydroxyl groups excluding tert-OH is 1. The molecule has 5 heteroatoms. The summed E-state index contributed by atoms with van der Waals surface area (Å²) in [6.07, 6.45) is 2.29. The fraction of sp³-hybridized carbons (Fsp3) is 0.524. The molecule has 0 spiro atoms. The largest absolute Gasteiger partial charge is 0.393 e. The van der Waals surface area contributed by atoms with Crippen LogP contribution in [0.25, 0.3) is 11.3 Å².